The van der Waals surface area contributed by atoms with Crippen LogP contribution in [0.3, 0.4) is 0 Å². The Labute approximate surface area is 240 Å². The Morgan fingerprint density at radius 1 is 1.10 bits per heavy atom. The number of benzene rings is 2. The number of esters is 1. The molecule has 7 heteroatoms. The molecular formula is C33H40N2O4S. The van der Waals surface area contributed by atoms with Crippen LogP contribution in [-0.4, -0.2) is 24.3 Å². The summed E-state index contributed by atoms with van der Waals surface area (Å²) in [6.45, 7) is 14.7. The van der Waals surface area contributed by atoms with Gasteiger partial charge in [0.1, 0.15) is 5.75 Å². The van der Waals surface area contributed by atoms with Crippen LogP contribution in [0.1, 0.15) is 100 Å². The number of allylic oxidation sites excluding steroid dienone is 1. The van der Waals surface area contributed by atoms with Gasteiger partial charge in [0.05, 0.1) is 35.6 Å². The second kappa shape index (κ2) is 12.4. The number of aryl methyl sites for hydroxylation is 1. The van der Waals surface area contributed by atoms with Gasteiger partial charge in [-0.1, -0.05) is 76.6 Å². The predicted octanol–water partition coefficient (Wildman–Crippen LogP) is 6.14. The Balaban J connectivity index is 1.99. The molecule has 1 aliphatic heterocycles. The Bertz CT molecular complexity index is 1610. The third-order valence-electron chi connectivity index (χ3n) is 7.34. The van der Waals surface area contributed by atoms with Crippen molar-refractivity contribution in [1.82, 2.24) is 4.57 Å². The maximum Gasteiger partial charge on any atom is 0.338 e. The first-order chi connectivity index (χ1) is 19.1. The molecule has 2 aromatic carbocycles. The van der Waals surface area contributed by atoms with E-state index in [-0.39, 0.29) is 18.1 Å². The molecule has 1 aliphatic rings. The summed E-state index contributed by atoms with van der Waals surface area (Å²) in [5.74, 6) is 1.06. The van der Waals surface area contributed by atoms with Crippen LogP contribution in [-0.2, 0) is 9.53 Å². The Morgan fingerprint density at radius 3 is 2.38 bits per heavy atom. The van der Waals surface area contributed by atoms with Crippen LogP contribution in [0.4, 0.5) is 0 Å². The lowest BCUT2D eigenvalue weighted by Crippen LogP contribution is -2.40. The summed E-state index contributed by atoms with van der Waals surface area (Å²) < 4.78 is 13.4. The van der Waals surface area contributed by atoms with Gasteiger partial charge in [0, 0.05) is 0 Å². The number of nitrogens with zero attached hydrogens (tertiary/aromatic N) is 2. The molecule has 1 atom stereocenters. The molecule has 0 bridgehead atoms. The number of carbonyl (C=O) groups is 1. The van der Waals surface area contributed by atoms with Gasteiger partial charge in [0.2, 0.25) is 0 Å². The highest BCUT2D eigenvalue weighted by atomic mass is 32.1. The van der Waals surface area contributed by atoms with Crippen LogP contribution in [0.2, 0.25) is 0 Å². The molecule has 212 valence electrons. The first-order valence-corrected chi connectivity index (χ1v) is 14.9. The van der Waals surface area contributed by atoms with E-state index < -0.39 is 12.0 Å². The minimum Gasteiger partial charge on any atom is -0.496 e. The van der Waals surface area contributed by atoms with Crippen molar-refractivity contribution >= 4 is 23.4 Å². The van der Waals surface area contributed by atoms with E-state index in [0.717, 1.165) is 34.4 Å². The second-order valence-corrected chi connectivity index (χ2v) is 11.8. The smallest absolute Gasteiger partial charge is 0.338 e. The average Bonchev–Trinajstić information content (AvgIpc) is 3.23. The normalized spacial score (nSPS) is 15.4. The molecule has 2 heterocycles. The standard InChI is InChI=1S/C33H40N2O4S/c1-9-11-26-29(32(37)39-10-2)30(23-14-12-22(13-15-23)19(3)4)35-31(36)28(40-33(35)34-26)18-24-17-25(20(5)6)27(38-8)16-21(24)7/h12-20,30H,9-11H2,1-8H3/b28-18+/t30-/m0/s1. The van der Waals surface area contributed by atoms with Gasteiger partial charge in [0.15, 0.2) is 4.80 Å². The Hall–Kier alpha value is -3.45. The van der Waals surface area contributed by atoms with Crippen LogP contribution >= 0.6 is 11.3 Å². The number of thiazole rings is 1. The summed E-state index contributed by atoms with van der Waals surface area (Å²) in [6, 6.07) is 11.7. The number of methoxy groups -OCH3 is 1. The maximum absolute atomic E-state index is 14.1. The van der Waals surface area contributed by atoms with Gasteiger partial charge in [-0.3, -0.25) is 9.36 Å². The fourth-order valence-electron chi connectivity index (χ4n) is 5.14. The fourth-order valence-corrected chi connectivity index (χ4v) is 6.15. The van der Waals surface area contributed by atoms with Crippen molar-refractivity contribution in [3.05, 3.63) is 95.2 Å². The van der Waals surface area contributed by atoms with Crippen molar-refractivity contribution in [1.29, 1.82) is 0 Å². The highest BCUT2D eigenvalue weighted by Crippen LogP contribution is 2.34. The van der Waals surface area contributed by atoms with E-state index in [4.69, 9.17) is 14.5 Å². The van der Waals surface area contributed by atoms with Crippen molar-refractivity contribution in [2.24, 2.45) is 4.99 Å². The topological polar surface area (TPSA) is 69.9 Å². The van der Waals surface area contributed by atoms with Crippen molar-refractivity contribution in [2.75, 3.05) is 13.7 Å². The third-order valence-corrected chi connectivity index (χ3v) is 8.32. The van der Waals surface area contributed by atoms with Gasteiger partial charge in [0.25, 0.3) is 5.56 Å². The minimum absolute atomic E-state index is 0.166. The number of ether oxygens (including phenoxy) is 2. The van der Waals surface area contributed by atoms with Crippen LogP contribution in [0.5, 0.6) is 5.75 Å². The summed E-state index contributed by atoms with van der Waals surface area (Å²) in [5.41, 5.74) is 6.11. The predicted molar refractivity (Wildman–Crippen MR) is 162 cm³/mol. The highest BCUT2D eigenvalue weighted by molar-refractivity contribution is 7.07. The number of hydrogen-bond acceptors (Lipinski definition) is 6. The Kier molecular flexibility index (Phi) is 9.14. The summed E-state index contributed by atoms with van der Waals surface area (Å²) >= 11 is 1.36. The molecule has 0 saturated carbocycles. The summed E-state index contributed by atoms with van der Waals surface area (Å²) in [5, 5.41) is 0. The molecular weight excluding hydrogens is 520 g/mol. The van der Waals surface area contributed by atoms with Gasteiger partial charge >= 0.3 is 5.97 Å². The fraction of sp³-hybridized carbons (Fsp3) is 0.424. The zero-order valence-electron chi connectivity index (χ0n) is 24.8. The number of hydrogen-bond donors (Lipinski definition) is 0. The number of fused-ring (bicyclic) bond motifs is 1. The van der Waals surface area contributed by atoms with E-state index in [1.807, 2.05) is 31.2 Å². The van der Waals surface area contributed by atoms with Crippen LogP contribution in [0, 0.1) is 6.92 Å². The molecule has 6 nitrogen and oxygen atoms in total. The van der Waals surface area contributed by atoms with E-state index >= 15 is 0 Å². The van der Waals surface area contributed by atoms with E-state index in [2.05, 4.69) is 52.8 Å². The lowest BCUT2D eigenvalue weighted by atomic mass is 9.92. The molecule has 0 unspecified atom stereocenters. The monoisotopic (exact) mass is 560 g/mol. The van der Waals surface area contributed by atoms with E-state index in [1.54, 1.807) is 18.6 Å². The van der Waals surface area contributed by atoms with Crippen molar-refractivity contribution in [2.45, 2.75) is 79.2 Å². The van der Waals surface area contributed by atoms with Crippen molar-refractivity contribution < 1.29 is 14.3 Å². The molecule has 0 aliphatic carbocycles. The zero-order valence-corrected chi connectivity index (χ0v) is 25.6. The molecule has 1 aromatic heterocycles. The third kappa shape index (κ3) is 5.71. The molecule has 0 saturated heterocycles. The van der Waals surface area contributed by atoms with Crippen LogP contribution in [0.25, 0.3) is 6.08 Å². The van der Waals surface area contributed by atoms with E-state index in [9.17, 15) is 9.59 Å². The largest absolute Gasteiger partial charge is 0.496 e. The van der Waals surface area contributed by atoms with E-state index in [0.29, 0.717) is 32.9 Å². The lowest BCUT2D eigenvalue weighted by Gasteiger charge is -2.26. The molecule has 0 N–H and O–H groups in total. The molecule has 0 radical (unpaired) electrons. The first kappa shape index (κ1) is 29.5. The second-order valence-electron chi connectivity index (χ2n) is 10.8. The van der Waals surface area contributed by atoms with Crippen molar-refractivity contribution in [3.8, 4) is 5.75 Å². The Morgan fingerprint density at radius 2 is 1.80 bits per heavy atom. The van der Waals surface area contributed by atoms with Gasteiger partial charge in [-0.05, 0) is 78.1 Å². The van der Waals surface area contributed by atoms with Gasteiger partial charge in [-0.15, -0.1) is 0 Å². The van der Waals surface area contributed by atoms with Crippen molar-refractivity contribution in [3.63, 3.8) is 0 Å². The summed E-state index contributed by atoms with van der Waals surface area (Å²) in [4.78, 5) is 33.0. The zero-order chi connectivity index (χ0) is 29.1. The molecule has 4 rings (SSSR count). The summed E-state index contributed by atoms with van der Waals surface area (Å²) in [7, 11) is 1.68. The lowest BCUT2D eigenvalue weighted by molar-refractivity contribution is -0.139. The SMILES string of the molecule is CCCC1=C(C(=O)OCC)[C@H](c2ccc(C(C)C)cc2)n2c(s/c(=C/c3cc(C(C)C)c(OC)cc3C)c2=O)=N1. The van der Waals surface area contributed by atoms with Gasteiger partial charge < -0.3 is 9.47 Å². The molecule has 0 amide bonds. The molecule has 0 spiro atoms. The van der Waals surface area contributed by atoms with Gasteiger partial charge in [-0.2, -0.15) is 0 Å². The first-order valence-electron chi connectivity index (χ1n) is 14.1. The van der Waals surface area contributed by atoms with Crippen LogP contribution < -0.4 is 19.6 Å². The molecule has 0 fully saturated rings. The molecule has 3 aromatic rings. The average molecular weight is 561 g/mol. The van der Waals surface area contributed by atoms with E-state index in [1.165, 1.54) is 16.9 Å². The molecule has 40 heavy (non-hydrogen) atoms. The summed E-state index contributed by atoms with van der Waals surface area (Å²) in [6.07, 6.45) is 3.38. The number of carbonyl (C=O) groups excluding carboxylic acids is 1. The van der Waals surface area contributed by atoms with Gasteiger partial charge in [-0.25, -0.2) is 9.79 Å². The van der Waals surface area contributed by atoms with Crippen LogP contribution in [0.15, 0.2) is 57.5 Å². The highest BCUT2D eigenvalue weighted by Gasteiger charge is 2.34. The number of aromatic nitrogens is 1. The minimum atomic E-state index is -0.608. The number of rotatable bonds is 9. The quantitative estimate of drug-likeness (QED) is 0.295. The maximum atomic E-state index is 14.1.